The lowest BCUT2D eigenvalue weighted by molar-refractivity contribution is 0.151. The van der Waals surface area contributed by atoms with Crippen LogP contribution in [0.3, 0.4) is 0 Å². The number of ether oxygens (including phenoxy) is 1. The van der Waals surface area contributed by atoms with E-state index in [0.29, 0.717) is 6.73 Å². The van der Waals surface area contributed by atoms with E-state index in [9.17, 15) is 0 Å². The van der Waals surface area contributed by atoms with Gasteiger partial charge in [-0.05, 0) is 12.2 Å². The highest BCUT2D eigenvalue weighted by Gasteiger charge is 1.88. The van der Waals surface area contributed by atoms with Crippen molar-refractivity contribution in [3.05, 3.63) is 24.6 Å². The lowest BCUT2D eigenvalue weighted by atomic mass is 10.6. The Kier molecular flexibility index (Phi) is 1.57. The second kappa shape index (κ2) is 2.40. The van der Waals surface area contributed by atoms with Crippen molar-refractivity contribution in [1.29, 1.82) is 0 Å². The average molecular weight is 111 g/mol. The maximum Gasteiger partial charge on any atom is 0.159 e. The molecular formula is C6H9NO. The third kappa shape index (κ3) is 1.30. The lowest BCUT2D eigenvalue weighted by Gasteiger charge is -2.09. The Balaban J connectivity index is 2.46. The number of hydrogen-bond donors (Lipinski definition) is 0. The van der Waals surface area contributed by atoms with Crippen LogP contribution in [0.15, 0.2) is 24.6 Å². The van der Waals surface area contributed by atoms with Crippen molar-refractivity contribution < 1.29 is 4.74 Å². The molecule has 0 aromatic heterocycles. The molecule has 1 aliphatic rings. The highest BCUT2D eigenvalue weighted by atomic mass is 16.5. The van der Waals surface area contributed by atoms with Gasteiger partial charge in [0, 0.05) is 13.2 Å². The highest BCUT2D eigenvalue weighted by molar-refractivity contribution is 5.00. The summed E-state index contributed by atoms with van der Waals surface area (Å²) in [5, 5.41) is 0. The Labute approximate surface area is 49.1 Å². The predicted octanol–water partition coefficient (Wildman–Crippen LogP) is 0.933. The Hall–Kier alpha value is -0.920. The molecule has 0 fully saturated rings. The van der Waals surface area contributed by atoms with Gasteiger partial charge in [-0.2, -0.15) is 0 Å². The highest BCUT2D eigenvalue weighted by Crippen LogP contribution is 1.92. The molecule has 0 aromatic rings. The molecule has 2 nitrogen and oxygen atoms in total. The second-order valence-corrected chi connectivity index (χ2v) is 1.72. The summed E-state index contributed by atoms with van der Waals surface area (Å²) in [6.07, 6.45) is 7.44. The molecule has 1 rings (SSSR count). The zero-order chi connectivity index (χ0) is 5.82. The molecule has 0 aromatic carbocycles. The summed E-state index contributed by atoms with van der Waals surface area (Å²) in [5.74, 6) is 0. The average Bonchev–Trinajstić information content (AvgIpc) is 1.94. The van der Waals surface area contributed by atoms with Crippen molar-refractivity contribution in [2.45, 2.75) is 0 Å². The van der Waals surface area contributed by atoms with Gasteiger partial charge in [-0.25, -0.2) is 0 Å². The van der Waals surface area contributed by atoms with Crippen LogP contribution in [0.25, 0.3) is 0 Å². The van der Waals surface area contributed by atoms with Crippen molar-refractivity contribution in [1.82, 2.24) is 4.90 Å². The quantitative estimate of drug-likeness (QED) is 0.461. The van der Waals surface area contributed by atoms with Crippen molar-refractivity contribution in [2.75, 3.05) is 13.8 Å². The van der Waals surface area contributed by atoms with Gasteiger partial charge < -0.3 is 9.64 Å². The van der Waals surface area contributed by atoms with Crippen LogP contribution < -0.4 is 0 Å². The van der Waals surface area contributed by atoms with Crippen LogP contribution in [0, 0.1) is 0 Å². The van der Waals surface area contributed by atoms with Gasteiger partial charge in [0.2, 0.25) is 0 Å². The minimum Gasteiger partial charge on any atom is -0.481 e. The minimum atomic E-state index is 0.646. The molecule has 2 heteroatoms. The summed E-state index contributed by atoms with van der Waals surface area (Å²) < 4.78 is 4.99. The van der Waals surface area contributed by atoms with Crippen LogP contribution in [0.1, 0.15) is 0 Å². The first-order valence-corrected chi connectivity index (χ1v) is 2.55. The van der Waals surface area contributed by atoms with E-state index in [1.165, 1.54) is 0 Å². The fourth-order valence-corrected chi connectivity index (χ4v) is 0.501. The number of hydrogen-bond acceptors (Lipinski definition) is 2. The second-order valence-electron chi connectivity index (χ2n) is 1.72. The third-order valence-electron chi connectivity index (χ3n) is 0.905. The van der Waals surface area contributed by atoms with Gasteiger partial charge in [0.1, 0.15) is 0 Å². The standard InChI is InChI=1S/C6H9NO/c1-7-4-2-3-5-8-6-7/h2-5H,6H2,1H3. The normalized spacial score (nSPS) is 17.9. The van der Waals surface area contributed by atoms with Gasteiger partial charge in [-0.3, -0.25) is 0 Å². The van der Waals surface area contributed by atoms with E-state index in [0.717, 1.165) is 0 Å². The fraction of sp³-hybridized carbons (Fsp3) is 0.333. The Morgan fingerprint density at radius 2 is 2.38 bits per heavy atom. The predicted molar refractivity (Wildman–Crippen MR) is 32.0 cm³/mol. The van der Waals surface area contributed by atoms with Crippen molar-refractivity contribution >= 4 is 0 Å². The number of nitrogens with zero attached hydrogens (tertiary/aromatic N) is 1. The van der Waals surface area contributed by atoms with E-state index >= 15 is 0 Å². The molecule has 0 bridgehead atoms. The van der Waals surface area contributed by atoms with Crippen molar-refractivity contribution in [2.24, 2.45) is 0 Å². The molecule has 0 amide bonds. The molecule has 1 heterocycles. The lowest BCUT2D eigenvalue weighted by Crippen LogP contribution is -2.11. The maximum absolute atomic E-state index is 4.99. The molecule has 0 saturated heterocycles. The molecule has 44 valence electrons. The van der Waals surface area contributed by atoms with Crippen molar-refractivity contribution in [3.63, 3.8) is 0 Å². The van der Waals surface area contributed by atoms with Crippen LogP contribution >= 0.6 is 0 Å². The van der Waals surface area contributed by atoms with E-state index in [1.54, 1.807) is 6.26 Å². The van der Waals surface area contributed by atoms with Crippen LogP contribution in [0.5, 0.6) is 0 Å². The van der Waals surface area contributed by atoms with Gasteiger partial charge in [-0.15, -0.1) is 0 Å². The Morgan fingerprint density at radius 1 is 1.50 bits per heavy atom. The molecule has 0 saturated carbocycles. The molecular weight excluding hydrogens is 102 g/mol. The summed E-state index contributed by atoms with van der Waals surface area (Å²) in [5.41, 5.74) is 0. The first-order valence-electron chi connectivity index (χ1n) is 2.55. The van der Waals surface area contributed by atoms with Crippen molar-refractivity contribution in [3.8, 4) is 0 Å². The van der Waals surface area contributed by atoms with Gasteiger partial charge >= 0.3 is 0 Å². The van der Waals surface area contributed by atoms with E-state index in [4.69, 9.17) is 4.74 Å². The molecule has 0 atom stereocenters. The van der Waals surface area contributed by atoms with Gasteiger partial charge in [0.05, 0.1) is 6.26 Å². The molecule has 0 unspecified atom stereocenters. The molecule has 8 heavy (non-hydrogen) atoms. The number of rotatable bonds is 0. The summed E-state index contributed by atoms with van der Waals surface area (Å²) in [4.78, 5) is 1.96. The summed E-state index contributed by atoms with van der Waals surface area (Å²) in [7, 11) is 1.96. The largest absolute Gasteiger partial charge is 0.481 e. The maximum atomic E-state index is 4.99. The molecule has 0 spiro atoms. The Morgan fingerprint density at radius 3 is 3.25 bits per heavy atom. The zero-order valence-corrected chi connectivity index (χ0v) is 4.87. The molecule has 1 aliphatic heterocycles. The SMILES string of the molecule is CN1C=CC=COC1. The monoisotopic (exact) mass is 111 g/mol. The smallest absolute Gasteiger partial charge is 0.159 e. The molecule has 0 N–H and O–H groups in total. The summed E-state index contributed by atoms with van der Waals surface area (Å²) in [6.45, 7) is 0.646. The Bertz CT molecular complexity index is 118. The zero-order valence-electron chi connectivity index (χ0n) is 4.87. The first-order chi connectivity index (χ1) is 3.89. The summed E-state index contributed by atoms with van der Waals surface area (Å²) in [6, 6.07) is 0. The topological polar surface area (TPSA) is 12.5 Å². The third-order valence-corrected chi connectivity index (χ3v) is 0.905. The first kappa shape index (κ1) is 5.22. The van der Waals surface area contributed by atoms with Crippen LogP contribution in [0.2, 0.25) is 0 Å². The molecule has 0 aliphatic carbocycles. The van der Waals surface area contributed by atoms with E-state index in [1.807, 2.05) is 30.3 Å². The fourth-order valence-electron chi connectivity index (χ4n) is 0.501. The number of allylic oxidation sites excluding steroid dienone is 2. The van der Waals surface area contributed by atoms with Gasteiger partial charge in [0.25, 0.3) is 0 Å². The van der Waals surface area contributed by atoms with E-state index < -0.39 is 0 Å². The van der Waals surface area contributed by atoms with Crippen LogP contribution in [0.4, 0.5) is 0 Å². The van der Waals surface area contributed by atoms with E-state index in [2.05, 4.69) is 0 Å². The van der Waals surface area contributed by atoms with Crippen LogP contribution in [-0.4, -0.2) is 18.7 Å². The van der Waals surface area contributed by atoms with Crippen LogP contribution in [-0.2, 0) is 4.74 Å². The summed E-state index contributed by atoms with van der Waals surface area (Å²) >= 11 is 0. The van der Waals surface area contributed by atoms with E-state index in [-0.39, 0.29) is 0 Å². The molecule has 0 radical (unpaired) electrons. The van der Waals surface area contributed by atoms with Gasteiger partial charge in [0.15, 0.2) is 6.73 Å². The minimum absolute atomic E-state index is 0.646. The van der Waals surface area contributed by atoms with Gasteiger partial charge in [-0.1, -0.05) is 0 Å².